The first-order chi connectivity index (χ1) is 7.56. The van der Waals surface area contributed by atoms with E-state index in [4.69, 9.17) is 5.11 Å². The molecule has 5 heteroatoms. The topological polar surface area (TPSA) is 69.6 Å². The van der Waals surface area contributed by atoms with Crippen molar-refractivity contribution in [1.82, 2.24) is 0 Å². The molecule has 1 amide bonds. The zero-order valence-electron chi connectivity index (χ0n) is 9.18. The lowest BCUT2D eigenvalue weighted by atomic mass is 10.2. The first kappa shape index (κ1) is 12.0. The zero-order valence-corrected chi connectivity index (χ0v) is 9.18. The van der Waals surface area contributed by atoms with E-state index in [0.717, 1.165) is 5.69 Å². The van der Waals surface area contributed by atoms with E-state index < -0.39 is 12.0 Å². The van der Waals surface area contributed by atoms with Gasteiger partial charge in [0.1, 0.15) is 6.04 Å². The highest BCUT2D eigenvalue weighted by atomic mass is 16.4. The largest absolute Gasteiger partial charge is 0.480 e. The van der Waals surface area contributed by atoms with Crippen LogP contribution in [0.25, 0.3) is 0 Å². The molecule has 16 heavy (non-hydrogen) atoms. The highest BCUT2D eigenvalue weighted by Crippen LogP contribution is 2.18. The summed E-state index contributed by atoms with van der Waals surface area (Å²) >= 11 is 0. The van der Waals surface area contributed by atoms with Gasteiger partial charge in [-0.05, 0) is 31.2 Å². The van der Waals surface area contributed by atoms with Crippen molar-refractivity contribution in [3.05, 3.63) is 24.3 Å². The molecule has 0 aliphatic heterocycles. The Bertz CT molecular complexity index is 375. The van der Waals surface area contributed by atoms with E-state index in [0.29, 0.717) is 12.1 Å². The first-order valence-electron chi connectivity index (χ1n) is 4.82. The second kappa shape index (κ2) is 5.16. The number of benzene rings is 1. The number of likely N-dealkylation sites (N-methyl/N-ethyl adjacent to an activating group) is 1. The van der Waals surface area contributed by atoms with E-state index in [-0.39, 0.29) is 0 Å². The molecule has 1 aromatic carbocycles. The summed E-state index contributed by atoms with van der Waals surface area (Å²) in [5.74, 6) is -0.877. The summed E-state index contributed by atoms with van der Waals surface area (Å²) in [6.07, 6.45) is 0.596. The average molecular weight is 222 g/mol. The lowest BCUT2D eigenvalue weighted by Gasteiger charge is -2.23. The normalized spacial score (nSPS) is 11.6. The van der Waals surface area contributed by atoms with E-state index in [9.17, 15) is 9.59 Å². The number of nitrogens with one attached hydrogen (secondary N) is 1. The van der Waals surface area contributed by atoms with Crippen molar-refractivity contribution in [3.8, 4) is 0 Å². The number of rotatable bonds is 5. The molecule has 1 aromatic rings. The number of hydrogen-bond donors (Lipinski definition) is 2. The second-order valence-electron chi connectivity index (χ2n) is 3.43. The minimum Gasteiger partial charge on any atom is -0.480 e. The van der Waals surface area contributed by atoms with Gasteiger partial charge < -0.3 is 15.3 Å². The van der Waals surface area contributed by atoms with Crippen LogP contribution in [0.3, 0.4) is 0 Å². The third-order valence-electron chi connectivity index (χ3n) is 2.44. The molecule has 0 bridgehead atoms. The molecule has 1 unspecified atom stereocenters. The molecule has 0 saturated heterocycles. The number of carboxylic acids is 1. The molecule has 5 nitrogen and oxygen atoms in total. The molecule has 0 aromatic heterocycles. The minimum absolute atomic E-state index is 0.593. The summed E-state index contributed by atoms with van der Waals surface area (Å²) in [7, 11) is 1.71. The molecule has 0 heterocycles. The molecule has 0 saturated carbocycles. The smallest absolute Gasteiger partial charge is 0.326 e. The highest BCUT2D eigenvalue weighted by Gasteiger charge is 2.16. The highest BCUT2D eigenvalue weighted by molar-refractivity contribution is 5.78. The molecular weight excluding hydrogens is 208 g/mol. The van der Waals surface area contributed by atoms with Crippen molar-refractivity contribution < 1.29 is 14.7 Å². The van der Waals surface area contributed by atoms with Crippen LogP contribution in [-0.2, 0) is 9.59 Å². The molecular formula is C11H14N2O3. The zero-order chi connectivity index (χ0) is 12.1. The van der Waals surface area contributed by atoms with E-state index in [1.54, 1.807) is 43.1 Å². The standard InChI is InChI=1S/C11H14N2O3/c1-8(11(15)16)13(2)10-5-3-9(4-6-10)12-7-14/h3-8H,1-2H3,(H,12,14)(H,15,16). The van der Waals surface area contributed by atoms with Crippen molar-refractivity contribution in [3.63, 3.8) is 0 Å². The van der Waals surface area contributed by atoms with Crippen LogP contribution >= 0.6 is 0 Å². The number of aliphatic carboxylic acids is 1. The third-order valence-corrected chi connectivity index (χ3v) is 2.44. The van der Waals surface area contributed by atoms with Gasteiger partial charge in [0.2, 0.25) is 6.41 Å². The van der Waals surface area contributed by atoms with E-state index in [1.807, 2.05) is 0 Å². The number of nitrogens with zero attached hydrogens (tertiary/aromatic N) is 1. The fraction of sp³-hybridized carbons (Fsp3) is 0.273. The van der Waals surface area contributed by atoms with Crippen LogP contribution in [0.1, 0.15) is 6.92 Å². The summed E-state index contributed by atoms with van der Waals surface area (Å²) in [6, 6.07) is 6.35. The van der Waals surface area contributed by atoms with Gasteiger partial charge in [-0.1, -0.05) is 0 Å². The summed E-state index contributed by atoms with van der Waals surface area (Å²) in [5, 5.41) is 11.4. The second-order valence-corrected chi connectivity index (χ2v) is 3.43. The van der Waals surface area contributed by atoms with Crippen molar-refractivity contribution >= 4 is 23.8 Å². The molecule has 86 valence electrons. The molecule has 0 aliphatic carbocycles. The van der Waals surface area contributed by atoms with E-state index in [1.165, 1.54) is 0 Å². The monoisotopic (exact) mass is 222 g/mol. The van der Waals surface area contributed by atoms with Gasteiger partial charge in [0.25, 0.3) is 0 Å². The van der Waals surface area contributed by atoms with Crippen molar-refractivity contribution in [2.45, 2.75) is 13.0 Å². The van der Waals surface area contributed by atoms with Crippen LogP contribution in [0, 0.1) is 0 Å². The maximum absolute atomic E-state index is 10.8. The molecule has 0 fully saturated rings. The predicted octanol–water partition coefficient (Wildman–Crippen LogP) is 1.16. The number of carbonyl (C=O) groups excluding carboxylic acids is 1. The van der Waals surface area contributed by atoms with Crippen LogP contribution in [0.15, 0.2) is 24.3 Å². The van der Waals surface area contributed by atoms with Crippen LogP contribution < -0.4 is 10.2 Å². The third kappa shape index (κ3) is 2.73. The number of anilines is 2. The maximum Gasteiger partial charge on any atom is 0.326 e. The first-order valence-corrected chi connectivity index (χ1v) is 4.82. The minimum atomic E-state index is -0.877. The molecule has 1 rings (SSSR count). The van der Waals surface area contributed by atoms with Crippen LogP contribution in [0.4, 0.5) is 11.4 Å². The molecule has 1 atom stereocenters. The average Bonchev–Trinajstić information content (AvgIpc) is 2.28. The Morgan fingerprint density at radius 2 is 2.00 bits per heavy atom. The number of amides is 1. The molecule has 0 aliphatic rings. The predicted molar refractivity (Wildman–Crippen MR) is 61.6 cm³/mol. The Balaban J connectivity index is 2.80. The summed E-state index contributed by atoms with van der Waals surface area (Å²) in [4.78, 5) is 22.6. The van der Waals surface area contributed by atoms with Crippen molar-refractivity contribution in [2.24, 2.45) is 0 Å². The fourth-order valence-corrected chi connectivity index (χ4v) is 1.25. The summed E-state index contributed by atoms with van der Waals surface area (Å²) < 4.78 is 0. The fourth-order valence-electron chi connectivity index (χ4n) is 1.25. The lowest BCUT2D eigenvalue weighted by molar-refractivity contribution is -0.138. The van der Waals surface area contributed by atoms with Gasteiger partial charge in [-0.25, -0.2) is 4.79 Å². The number of carbonyl (C=O) groups is 2. The Hall–Kier alpha value is -2.04. The Labute approximate surface area is 93.7 Å². The van der Waals surface area contributed by atoms with Crippen LogP contribution in [0.5, 0.6) is 0 Å². The number of hydrogen-bond acceptors (Lipinski definition) is 3. The Morgan fingerprint density at radius 1 is 1.44 bits per heavy atom. The van der Waals surface area contributed by atoms with Crippen LogP contribution in [-0.4, -0.2) is 30.6 Å². The van der Waals surface area contributed by atoms with Crippen molar-refractivity contribution in [1.29, 1.82) is 0 Å². The molecule has 2 N–H and O–H groups in total. The summed E-state index contributed by atoms with van der Waals surface area (Å²) in [6.45, 7) is 1.61. The SMILES string of the molecule is CC(C(=O)O)N(C)c1ccc(NC=O)cc1. The van der Waals surface area contributed by atoms with Gasteiger partial charge in [0.15, 0.2) is 0 Å². The Morgan fingerprint density at radius 3 is 2.44 bits per heavy atom. The van der Waals surface area contributed by atoms with E-state index in [2.05, 4.69) is 5.32 Å². The Kier molecular flexibility index (Phi) is 3.88. The lowest BCUT2D eigenvalue weighted by Crippen LogP contribution is -2.35. The number of carboxylic acid groups (broad SMARTS) is 1. The van der Waals surface area contributed by atoms with Gasteiger partial charge in [-0.3, -0.25) is 4.79 Å². The van der Waals surface area contributed by atoms with Gasteiger partial charge >= 0.3 is 5.97 Å². The van der Waals surface area contributed by atoms with Gasteiger partial charge in [0.05, 0.1) is 0 Å². The van der Waals surface area contributed by atoms with Crippen LogP contribution in [0.2, 0.25) is 0 Å². The van der Waals surface area contributed by atoms with Crippen molar-refractivity contribution in [2.75, 3.05) is 17.3 Å². The van der Waals surface area contributed by atoms with Gasteiger partial charge in [-0.15, -0.1) is 0 Å². The molecule has 0 spiro atoms. The van der Waals surface area contributed by atoms with Gasteiger partial charge in [-0.2, -0.15) is 0 Å². The molecule has 0 radical (unpaired) electrons. The quantitative estimate of drug-likeness (QED) is 0.733. The van der Waals surface area contributed by atoms with E-state index >= 15 is 0 Å². The summed E-state index contributed by atoms with van der Waals surface area (Å²) in [5.41, 5.74) is 1.46. The van der Waals surface area contributed by atoms with Gasteiger partial charge in [0, 0.05) is 18.4 Å². The maximum atomic E-state index is 10.8.